The fourth-order valence-corrected chi connectivity index (χ4v) is 1.60. The van der Waals surface area contributed by atoms with Gasteiger partial charge in [0.25, 0.3) is 0 Å². The standard InChI is InChI=1S/C9H19N3O.ClH/c1-9(13)12-7-5-11(6-8-12)4-2-3-10;/h2-8,10H2,1H3;1H. The van der Waals surface area contributed by atoms with Crippen molar-refractivity contribution in [3.8, 4) is 0 Å². The minimum Gasteiger partial charge on any atom is -0.340 e. The summed E-state index contributed by atoms with van der Waals surface area (Å²) in [6.07, 6.45) is 1.06. The molecule has 1 heterocycles. The molecule has 5 heteroatoms. The highest BCUT2D eigenvalue weighted by molar-refractivity contribution is 5.85. The number of hydrogen-bond acceptors (Lipinski definition) is 3. The van der Waals surface area contributed by atoms with Crippen molar-refractivity contribution in [2.45, 2.75) is 13.3 Å². The Kier molecular flexibility index (Phi) is 6.87. The van der Waals surface area contributed by atoms with E-state index in [2.05, 4.69) is 4.90 Å². The van der Waals surface area contributed by atoms with Crippen molar-refractivity contribution in [1.29, 1.82) is 0 Å². The Morgan fingerprint density at radius 3 is 2.29 bits per heavy atom. The van der Waals surface area contributed by atoms with Crippen LogP contribution in [0.5, 0.6) is 0 Å². The number of nitrogens with zero attached hydrogens (tertiary/aromatic N) is 2. The first-order valence-corrected chi connectivity index (χ1v) is 4.92. The van der Waals surface area contributed by atoms with Crippen molar-refractivity contribution in [1.82, 2.24) is 9.80 Å². The van der Waals surface area contributed by atoms with Gasteiger partial charge in [-0.15, -0.1) is 12.4 Å². The summed E-state index contributed by atoms with van der Waals surface area (Å²) in [5, 5.41) is 0. The van der Waals surface area contributed by atoms with Gasteiger partial charge in [0.1, 0.15) is 0 Å². The Morgan fingerprint density at radius 1 is 1.29 bits per heavy atom. The summed E-state index contributed by atoms with van der Waals surface area (Å²) in [5.41, 5.74) is 5.43. The quantitative estimate of drug-likeness (QED) is 0.726. The Morgan fingerprint density at radius 2 is 1.86 bits per heavy atom. The molecule has 1 fully saturated rings. The first-order chi connectivity index (χ1) is 6.24. The SMILES string of the molecule is CC(=O)N1CCN(CCCN)CC1.Cl. The van der Waals surface area contributed by atoms with E-state index in [0.29, 0.717) is 0 Å². The largest absolute Gasteiger partial charge is 0.340 e. The third-order valence-corrected chi connectivity index (χ3v) is 2.50. The molecule has 0 aromatic rings. The zero-order valence-corrected chi connectivity index (χ0v) is 9.55. The average molecular weight is 222 g/mol. The van der Waals surface area contributed by atoms with Crippen LogP contribution in [0.2, 0.25) is 0 Å². The lowest BCUT2D eigenvalue weighted by Gasteiger charge is -2.34. The van der Waals surface area contributed by atoms with Crippen LogP contribution in [-0.2, 0) is 4.79 Å². The topological polar surface area (TPSA) is 49.6 Å². The second-order valence-corrected chi connectivity index (χ2v) is 3.49. The van der Waals surface area contributed by atoms with E-state index in [-0.39, 0.29) is 18.3 Å². The minimum atomic E-state index is 0. The van der Waals surface area contributed by atoms with E-state index in [1.54, 1.807) is 6.92 Å². The second kappa shape index (κ2) is 7.04. The summed E-state index contributed by atoms with van der Waals surface area (Å²) >= 11 is 0. The number of amides is 1. The molecule has 1 aliphatic heterocycles. The molecular weight excluding hydrogens is 202 g/mol. The molecule has 0 radical (unpaired) electrons. The van der Waals surface area contributed by atoms with Crippen LogP contribution in [0.3, 0.4) is 0 Å². The van der Waals surface area contributed by atoms with Gasteiger partial charge in [0.05, 0.1) is 0 Å². The fraction of sp³-hybridized carbons (Fsp3) is 0.889. The van der Waals surface area contributed by atoms with Crippen molar-refractivity contribution in [3.63, 3.8) is 0 Å². The summed E-state index contributed by atoms with van der Waals surface area (Å²) in [6.45, 7) is 7.21. The number of nitrogens with two attached hydrogens (primary N) is 1. The van der Waals surface area contributed by atoms with Gasteiger partial charge >= 0.3 is 0 Å². The third kappa shape index (κ3) is 4.26. The average Bonchev–Trinajstić information content (AvgIpc) is 2.15. The van der Waals surface area contributed by atoms with E-state index in [0.717, 1.165) is 45.7 Å². The summed E-state index contributed by atoms with van der Waals surface area (Å²) in [7, 11) is 0. The Bertz CT molecular complexity index is 169. The van der Waals surface area contributed by atoms with Crippen LogP contribution >= 0.6 is 12.4 Å². The molecule has 0 bridgehead atoms. The van der Waals surface area contributed by atoms with Crippen LogP contribution in [0.1, 0.15) is 13.3 Å². The molecule has 1 amide bonds. The number of halogens is 1. The fourth-order valence-electron chi connectivity index (χ4n) is 1.60. The molecule has 1 aliphatic rings. The van der Waals surface area contributed by atoms with Crippen molar-refractivity contribution in [2.75, 3.05) is 39.3 Å². The van der Waals surface area contributed by atoms with Gasteiger partial charge in [-0.2, -0.15) is 0 Å². The number of carbonyl (C=O) groups is 1. The zero-order valence-electron chi connectivity index (χ0n) is 8.74. The molecule has 0 saturated carbocycles. The van der Waals surface area contributed by atoms with E-state index >= 15 is 0 Å². The van der Waals surface area contributed by atoms with Crippen molar-refractivity contribution in [3.05, 3.63) is 0 Å². The lowest BCUT2D eigenvalue weighted by atomic mass is 10.3. The zero-order chi connectivity index (χ0) is 9.68. The second-order valence-electron chi connectivity index (χ2n) is 3.49. The van der Waals surface area contributed by atoms with E-state index in [4.69, 9.17) is 5.73 Å². The lowest BCUT2D eigenvalue weighted by molar-refractivity contribution is -0.130. The molecule has 0 aliphatic carbocycles. The maximum absolute atomic E-state index is 11.0. The summed E-state index contributed by atoms with van der Waals surface area (Å²) in [4.78, 5) is 15.3. The van der Waals surface area contributed by atoms with Crippen LogP contribution in [0.25, 0.3) is 0 Å². The predicted octanol–water partition coefficient (Wildman–Crippen LogP) is -0.0789. The molecule has 0 unspecified atom stereocenters. The summed E-state index contributed by atoms with van der Waals surface area (Å²) < 4.78 is 0. The number of hydrogen-bond donors (Lipinski definition) is 1. The molecule has 2 N–H and O–H groups in total. The van der Waals surface area contributed by atoms with Crippen LogP contribution < -0.4 is 5.73 Å². The normalized spacial score (nSPS) is 17.7. The summed E-state index contributed by atoms with van der Waals surface area (Å²) in [5.74, 6) is 0.193. The number of carbonyl (C=O) groups excluding carboxylic acids is 1. The van der Waals surface area contributed by atoms with Gasteiger partial charge in [0, 0.05) is 33.1 Å². The van der Waals surface area contributed by atoms with Crippen LogP contribution in [0, 0.1) is 0 Å². The molecule has 4 nitrogen and oxygen atoms in total. The van der Waals surface area contributed by atoms with Gasteiger partial charge in [-0.3, -0.25) is 9.69 Å². The van der Waals surface area contributed by atoms with Crippen molar-refractivity contribution < 1.29 is 4.79 Å². The van der Waals surface area contributed by atoms with Crippen LogP contribution in [0.4, 0.5) is 0 Å². The van der Waals surface area contributed by atoms with Gasteiger partial charge in [0.2, 0.25) is 5.91 Å². The van der Waals surface area contributed by atoms with Crippen molar-refractivity contribution >= 4 is 18.3 Å². The van der Waals surface area contributed by atoms with E-state index in [1.165, 1.54) is 0 Å². The highest BCUT2D eigenvalue weighted by atomic mass is 35.5. The maximum Gasteiger partial charge on any atom is 0.219 e. The molecule has 0 atom stereocenters. The molecule has 1 rings (SSSR count). The van der Waals surface area contributed by atoms with E-state index in [9.17, 15) is 4.79 Å². The Balaban J connectivity index is 0.00000169. The molecule has 0 aromatic heterocycles. The highest BCUT2D eigenvalue weighted by Crippen LogP contribution is 2.01. The molecule has 84 valence electrons. The smallest absolute Gasteiger partial charge is 0.219 e. The lowest BCUT2D eigenvalue weighted by Crippen LogP contribution is -2.48. The number of piperazine rings is 1. The predicted molar refractivity (Wildman–Crippen MR) is 59.6 cm³/mol. The molecular formula is C9H20ClN3O. The van der Waals surface area contributed by atoms with Gasteiger partial charge < -0.3 is 10.6 Å². The first-order valence-electron chi connectivity index (χ1n) is 4.92. The van der Waals surface area contributed by atoms with Gasteiger partial charge in [-0.05, 0) is 19.5 Å². The molecule has 0 aromatic carbocycles. The van der Waals surface area contributed by atoms with Crippen molar-refractivity contribution in [2.24, 2.45) is 5.73 Å². The molecule has 0 spiro atoms. The Hall–Kier alpha value is -0.320. The van der Waals surface area contributed by atoms with Crippen LogP contribution in [-0.4, -0.2) is 55.0 Å². The van der Waals surface area contributed by atoms with Gasteiger partial charge in [0.15, 0.2) is 0 Å². The maximum atomic E-state index is 11.0. The monoisotopic (exact) mass is 221 g/mol. The number of rotatable bonds is 3. The minimum absolute atomic E-state index is 0. The third-order valence-electron chi connectivity index (χ3n) is 2.50. The van der Waals surface area contributed by atoms with E-state index in [1.807, 2.05) is 4.90 Å². The first kappa shape index (κ1) is 13.7. The molecule has 14 heavy (non-hydrogen) atoms. The van der Waals surface area contributed by atoms with E-state index < -0.39 is 0 Å². The summed E-state index contributed by atoms with van der Waals surface area (Å²) in [6, 6.07) is 0. The highest BCUT2D eigenvalue weighted by Gasteiger charge is 2.17. The van der Waals surface area contributed by atoms with Crippen LogP contribution in [0.15, 0.2) is 0 Å². The van der Waals surface area contributed by atoms with Gasteiger partial charge in [-0.25, -0.2) is 0 Å². The molecule has 1 saturated heterocycles. The van der Waals surface area contributed by atoms with Gasteiger partial charge in [-0.1, -0.05) is 0 Å². The Labute approximate surface area is 91.8 Å².